The van der Waals surface area contributed by atoms with Crippen molar-refractivity contribution in [2.45, 2.75) is 9.92 Å². The number of rotatable bonds is 4. The lowest BCUT2D eigenvalue weighted by atomic mass is 10.2. The van der Waals surface area contributed by atoms with Crippen LogP contribution in [0, 0.1) is 0 Å². The molecule has 0 aliphatic carbocycles. The van der Waals surface area contributed by atoms with E-state index in [4.69, 9.17) is 0 Å². The van der Waals surface area contributed by atoms with E-state index in [1.54, 1.807) is 17.8 Å². The van der Waals surface area contributed by atoms with Crippen molar-refractivity contribution in [3.63, 3.8) is 0 Å². The number of pyridine rings is 1. The molecule has 0 aliphatic rings. The lowest BCUT2D eigenvalue weighted by Crippen LogP contribution is -2.12. The summed E-state index contributed by atoms with van der Waals surface area (Å²) in [6.45, 7) is 0. The zero-order valence-electron chi connectivity index (χ0n) is 11.1. The summed E-state index contributed by atoms with van der Waals surface area (Å²) in [6, 6.07) is 11.2. The van der Waals surface area contributed by atoms with E-state index in [2.05, 4.69) is 36.4 Å². The smallest absolute Gasteiger partial charge is 0.258 e. The van der Waals surface area contributed by atoms with Crippen LogP contribution in [0.1, 0.15) is 10.4 Å². The highest BCUT2D eigenvalue weighted by Crippen LogP contribution is 2.30. The van der Waals surface area contributed by atoms with Crippen LogP contribution >= 0.6 is 39.0 Å². The number of aromatic nitrogens is 3. The van der Waals surface area contributed by atoms with Gasteiger partial charge in [0.1, 0.15) is 10.5 Å². The monoisotopic (exact) mass is 392 g/mol. The number of amides is 1. The first kappa shape index (κ1) is 15.1. The van der Waals surface area contributed by atoms with Crippen molar-refractivity contribution in [2.75, 3.05) is 5.32 Å². The Balaban J connectivity index is 1.83. The Hall–Kier alpha value is -1.77. The first-order valence-electron chi connectivity index (χ1n) is 6.18. The zero-order valence-corrected chi connectivity index (χ0v) is 14.3. The van der Waals surface area contributed by atoms with E-state index in [-0.39, 0.29) is 5.91 Å². The molecule has 1 aromatic carbocycles. The first-order valence-corrected chi connectivity index (χ1v) is 8.67. The summed E-state index contributed by atoms with van der Waals surface area (Å²) in [6.07, 6.45) is 1.73. The molecular weight excluding hydrogens is 384 g/mol. The summed E-state index contributed by atoms with van der Waals surface area (Å²) in [5, 5.41) is 11.6. The number of nitrogens with one attached hydrogen (secondary N) is 1. The van der Waals surface area contributed by atoms with Crippen molar-refractivity contribution in [3.05, 3.63) is 58.1 Å². The molecule has 3 rings (SSSR count). The molecule has 2 aromatic heterocycles. The Morgan fingerprint density at radius 2 is 2.09 bits per heavy atom. The molecule has 22 heavy (non-hydrogen) atoms. The van der Waals surface area contributed by atoms with Gasteiger partial charge in [-0.2, -0.15) is 0 Å². The number of carbonyl (C=O) groups excluding carboxylic acids is 1. The van der Waals surface area contributed by atoms with Gasteiger partial charge in [-0.3, -0.25) is 10.1 Å². The molecular formula is C14H9BrN4OS2. The minimum atomic E-state index is -0.211. The van der Waals surface area contributed by atoms with E-state index < -0.39 is 0 Å². The number of nitrogens with zero attached hydrogens (tertiary/aromatic N) is 3. The fourth-order valence-corrected chi connectivity index (χ4v) is 3.23. The first-order chi connectivity index (χ1) is 10.7. The largest absolute Gasteiger partial charge is 0.296 e. The van der Waals surface area contributed by atoms with Gasteiger partial charge in [-0.15, -0.1) is 10.2 Å². The van der Waals surface area contributed by atoms with Gasteiger partial charge in [0.15, 0.2) is 0 Å². The minimum absolute atomic E-state index is 0.211. The molecule has 1 N–H and O–H groups in total. The van der Waals surface area contributed by atoms with E-state index in [9.17, 15) is 4.79 Å². The summed E-state index contributed by atoms with van der Waals surface area (Å²) in [7, 11) is 0. The van der Waals surface area contributed by atoms with Gasteiger partial charge in [0.25, 0.3) is 5.91 Å². The molecule has 5 nitrogen and oxygen atoms in total. The van der Waals surface area contributed by atoms with Crippen LogP contribution in [0.25, 0.3) is 0 Å². The molecule has 0 atom stereocenters. The van der Waals surface area contributed by atoms with Crippen molar-refractivity contribution in [1.82, 2.24) is 15.2 Å². The highest BCUT2D eigenvalue weighted by atomic mass is 79.9. The van der Waals surface area contributed by atoms with E-state index in [1.807, 2.05) is 30.3 Å². The van der Waals surface area contributed by atoms with E-state index in [1.165, 1.54) is 23.1 Å². The third kappa shape index (κ3) is 3.70. The van der Waals surface area contributed by atoms with Crippen molar-refractivity contribution in [2.24, 2.45) is 0 Å². The van der Waals surface area contributed by atoms with Crippen molar-refractivity contribution in [3.8, 4) is 0 Å². The van der Waals surface area contributed by atoms with E-state index >= 15 is 0 Å². The molecule has 110 valence electrons. The maximum Gasteiger partial charge on any atom is 0.258 e. The molecule has 0 bridgehead atoms. The van der Waals surface area contributed by atoms with Gasteiger partial charge in [0.2, 0.25) is 5.13 Å². The maximum absolute atomic E-state index is 12.4. The molecule has 2 heterocycles. The van der Waals surface area contributed by atoms with Gasteiger partial charge in [-0.1, -0.05) is 35.2 Å². The molecule has 0 fully saturated rings. The SMILES string of the molecule is O=C(Nc1nncs1)c1ccccc1Sc1ccc(Br)cn1. The van der Waals surface area contributed by atoms with Crippen LogP contribution in [-0.2, 0) is 0 Å². The molecule has 1 amide bonds. The van der Waals surface area contributed by atoms with Crippen molar-refractivity contribution >= 4 is 50.1 Å². The van der Waals surface area contributed by atoms with Gasteiger partial charge in [0.05, 0.1) is 5.56 Å². The quantitative estimate of drug-likeness (QED) is 0.723. The van der Waals surface area contributed by atoms with Crippen molar-refractivity contribution in [1.29, 1.82) is 0 Å². The van der Waals surface area contributed by atoms with Crippen LogP contribution in [0.3, 0.4) is 0 Å². The summed E-state index contributed by atoms with van der Waals surface area (Å²) < 4.78 is 0.916. The van der Waals surface area contributed by atoms with Crippen LogP contribution in [0.5, 0.6) is 0 Å². The molecule has 0 saturated heterocycles. The molecule has 0 unspecified atom stereocenters. The molecule has 0 radical (unpaired) electrons. The van der Waals surface area contributed by atoms with Crippen LogP contribution in [0.15, 0.2) is 62.5 Å². The summed E-state index contributed by atoms with van der Waals surface area (Å²) in [5.41, 5.74) is 2.15. The van der Waals surface area contributed by atoms with E-state index in [0.717, 1.165) is 14.4 Å². The Bertz CT molecular complexity index is 778. The number of benzene rings is 1. The molecule has 3 aromatic rings. The van der Waals surface area contributed by atoms with Gasteiger partial charge >= 0.3 is 0 Å². The second-order valence-electron chi connectivity index (χ2n) is 4.11. The summed E-state index contributed by atoms with van der Waals surface area (Å²) in [4.78, 5) is 17.5. The number of hydrogen-bond donors (Lipinski definition) is 1. The number of carbonyl (C=O) groups is 1. The second kappa shape index (κ2) is 6.99. The number of anilines is 1. The average molecular weight is 393 g/mol. The Morgan fingerprint density at radius 3 is 2.82 bits per heavy atom. The van der Waals surface area contributed by atoms with Crippen molar-refractivity contribution < 1.29 is 4.79 Å². The van der Waals surface area contributed by atoms with Crippen LogP contribution in [0.4, 0.5) is 5.13 Å². The zero-order chi connectivity index (χ0) is 15.4. The fraction of sp³-hybridized carbons (Fsp3) is 0. The predicted molar refractivity (Wildman–Crippen MR) is 90.4 cm³/mol. The van der Waals surface area contributed by atoms with Gasteiger partial charge < -0.3 is 0 Å². The van der Waals surface area contributed by atoms with Crippen LogP contribution in [0.2, 0.25) is 0 Å². The Kier molecular flexibility index (Phi) is 4.81. The number of halogens is 1. The maximum atomic E-state index is 12.4. The topological polar surface area (TPSA) is 67.8 Å². The van der Waals surface area contributed by atoms with Gasteiger partial charge in [-0.25, -0.2) is 4.98 Å². The molecule has 8 heteroatoms. The minimum Gasteiger partial charge on any atom is -0.296 e. The molecule has 0 spiro atoms. The Morgan fingerprint density at radius 1 is 1.23 bits per heavy atom. The third-order valence-electron chi connectivity index (χ3n) is 2.63. The standard InChI is InChI=1S/C14H9BrN4OS2/c15-9-5-6-12(16-7-9)22-11-4-2-1-3-10(11)13(20)18-14-19-17-8-21-14/h1-8H,(H,18,19,20). The normalized spacial score (nSPS) is 10.4. The molecule has 0 saturated carbocycles. The predicted octanol–water partition coefficient (Wildman–Crippen LogP) is 4.10. The lowest BCUT2D eigenvalue weighted by Gasteiger charge is -2.08. The lowest BCUT2D eigenvalue weighted by molar-refractivity contribution is 0.102. The van der Waals surface area contributed by atoms with Crippen LogP contribution in [-0.4, -0.2) is 21.1 Å². The Labute approximate surface area is 143 Å². The van der Waals surface area contributed by atoms with Crippen LogP contribution < -0.4 is 5.32 Å². The highest BCUT2D eigenvalue weighted by Gasteiger charge is 2.13. The van der Waals surface area contributed by atoms with Gasteiger partial charge in [-0.05, 0) is 40.2 Å². The summed E-state index contributed by atoms with van der Waals surface area (Å²) >= 11 is 6.07. The molecule has 0 aliphatic heterocycles. The van der Waals surface area contributed by atoms with E-state index in [0.29, 0.717) is 10.7 Å². The summed E-state index contributed by atoms with van der Waals surface area (Å²) in [5.74, 6) is -0.211. The highest BCUT2D eigenvalue weighted by molar-refractivity contribution is 9.10. The van der Waals surface area contributed by atoms with Gasteiger partial charge in [0, 0.05) is 15.6 Å². The third-order valence-corrected chi connectivity index (χ3v) is 4.73. The average Bonchev–Trinajstić information content (AvgIpc) is 3.03. The fourth-order valence-electron chi connectivity index (χ4n) is 1.67. The number of hydrogen-bond acceptors (Lipinski definition) is 6. The second-order valence-corrected chi connectivity index (χ2v) is 6.92.